The number of ether oxygens (including phenoxy) is 3. The topological polar surface area (TPSA) is 44.8 Å². The van der Waals surface area contributed by atoms with Gasteiger partial charge in [-0.3, -0.25) is 0 Å². The summed E-state index contributed by atoms with van der Waals surface area (Å²) in [5, 5.41) is 0. The maximum Gasteiger partial charge on any atom is 0.335 e. The van der Waals surface area contributed by atoms with Gasteiger partial charge in [-0.25, -0.2) is 4.79 Å². The normalized spacial score (nSPS) is 30.3. The average Bonchev–Trinajstić information content (AvgIpc) is 2.63. The molecule has 2 rings (SSSR count). The fraction of sp³-hybridized carbons (Fsp3) is 0.737. The minimum Gasteiger partial charge on any atom is -0.407 e. The lowest BCUT2D eigenvalue weighted by Gasteiger charge is -2.37. The zero-order valence-electron chi connectivity index (χ0n) is 14.9. The monoisotopic (exact) mass is 358 g/mol. The summed E-state index contributed by atoms with van der Waals surface area (Å²) < 4.78 is 16.0. The van der Waals surface area contributed by atoms with Crippen LogP contribution in [0, 0.1) is 17.8 Å². The van der Waals surface area contributed by atoms with E-state index in [0.29, 0.717) is 25.0 Å². The molecular weight excluding hydrogens is 328 g/mol. The van der Waals surface area contributed by atoms with E-state index in [1.165, 1.54) is 32.1 Å². The highest BCUT2D eigenvalue weighted by Gasteiger charge is 2.32. The van der Waals surface area contributed by atoms with Crippen LogP contribution in [-0.4, -0.2) is 25.7 Å². The molecule has 1 saturated heterocycles. The Morgan fingerprint density at radius 2 is 1.79 bits per heavy atom. The van der Waals surface area contributed by atoms with E-state index in [0.717, 1.165) is 23.9 Å². The Morgan fingerprint density at radius 1 is 1.17 bits per heavy atom. The van der Waals surface area contributed by atoms with E-state index < -0.39 is 12.4 Å². The summed E-state index contributed by atoms with van der Waals surface area (Å²) in [5.41, 5.74) is 1.11. The van der Waals surface area contributed by atoms with Gasteiger partial charge in [-0.15, -0.1) is 6.58 Å². The van der Waals surface area contributed by atoms with E-state index in [1.54, 1.807) is 0 Å². The highest BCUT2D eigenvalue weighted by Crippen LogP contribution is 2.37. The Balaban J connectivity index is 0.00000139. The van der Waals surface area contributed by atoms with Crippen LogP contribution in [0.15, 0.2) is 24.3 Å². The first kappa shape index (κ1) is 21.2. The van der Waals surface area contributed by atoms with Gasteiger partial charge in [0.05, 0.1) is 13.2 Å². The van der Waals surface area contributed by atoms with Crippen LogP contribution in [0.4, 0.5) is 0 Å². The van der Waals surface area contributed by atoms with Crippen LogP contribution < -0.4 is 0 Å². The highest BCUT2D eigenvalue weighted by molar-refractivity contribution is 6.26. The molecule has 2 fully saturated rings. The van der Waals surface area contributed by atoms with Crippen molar-refractivity contribution < 1.29 is 19.0 Å². The third-order valence-electron chi connectivity index (χ3n) is 4.64. The smallest absolute Gasteiger partial charge is 0.335 e. The molecule has 1 aliphatic heterocycles. The third-order valence-corrected chi connectivity index (χ3v) is 4.77. The molecule has 2 aliphatic rings. The molecule has 0 spiro atoms. The van der Waals surface area contributed by atoms with Crippen LogP contribution >= 0.6 is 11.6 Å². The van der Waals surface area contributed by atoms with Gasteiger partial charge in [0.15, 0.2) is 0 Å². The predicted octanol–water partition coefficient (Wildman–Crippen LogP) is 5.03. The van der Waals surface area contributed by atoms with Gasteiger partial charge in [-0.2, -0.15) is 0 Å². The van der Waals surface area contributed by atoms with Crippen LogP contribution in [0.2, 0.25) is 0 Å². The lowest BCUT2D eigenvalue weighted by Crippen LogP contribution is -2.39. The molecule has 24 heavy (non-hydrogen) atoms. The van der Waals surface area contributed by atoms with Gasteiger partial charge >= 0.3 is 12.4 Å². The average molecular weight is 359 g/mol. The van der Waals surface area contributed by atoms with E-state index in [1.807, 2.05) is 19.9 Å². The molecule has 0 bridgehead atoms. The maximum absolute atomic E-state index is 11.3. The van der Waals surface area contributed by atoms with Crippen molar-refractivity contribution in [2.75, 3.05) is 13.2 Å². The fourth-order valence-electron chi connectivity index (χ4n) is 3.33. The minimum absolute atomic E-state index is 0.402. The van der Waals surface area contributed by atoms with Gasteiger partial charge in [0.2, 0.25) is 0 Å². The zero-order valence-corrected chi connectivity index (χ0v) is 15.7. The van der Waals surface area contributed by atoms with Gasteiger partial charge in [-0.1, -0.05) is 44.4 Å². The molecule has 0 amide bonds. The van der Waals surface area contributed by atoms with Gasteiger partial charge in [0.1, 0.15) is 0 Å². The molecule has 0 atom stereocenters. The summed E-state index contributed by atoms with van der Waals surface area (Å²) in [6.45, 7) is 8.07. The summed E-state index contributed by atoms with van der Waals surface area (Å²) in [5.74, 6) is 1.34. The van der Waals surface area contributed by atoms with Crippen LogP contribution in [-0.2, 0) is 19.0 Å². The first-order chi connectivity index (χ1) is 11.7. The molecule has 1 saturated carbocycles. The van der Waals surface area contributed by atoms with Crippen molar-refractivity contribution in [3.63, 3.8) is 0 Å². The number of halogens is 1. The van der Waals surface area contributed by atoms with Crippen molar-refractivity contribution in [1.82, 2.24) is 0 Å². The Bertz CT molecular complexity index is 381. The van der Waals surface area contributed by atoms with Crippen LogP contribution in [0.1, 0.15) is 52.4 Å². The van der Waals surface area contributed by atoms with E-state index >= 15 is 0 Å². The second kappa shape index (κ2) is 12.5. The number of rotatable bonds is 6. The lowest BCUT2D eigenvalue weighted by atomic mass is 9.75. The standard InChI is InChI=1S/C17H25ClO4.C2H6/c1-2-3-4-13-5-7-14(8-6-13)15-11-20-17(21-12-15)22-16(19)9-10-18;1-2/h2,9-10,13-15,17H,1,3-8,11-12H2;1-2H3/b10-9+;. The Labute approximate surface area is 151 Å². The molecular formula is C19H31ClO4. The first-order valence-corrected chi connectivity index (χ1v) is 9.48. The third kappa shape index (κ3) is 7.37. The van der Waals surface area contributed by atoms with Crippen molar-refractivity contribution >= 4 is 17.6 Å². The number of hydrogen-bond donors (Lipinski definition) is 0. The molecule has 4 nitrogen and oxygen atoms in total. The molecule has 1 heterocycles. The summed E-state index contributed by atoms with van der Waals surface area (Å²) in [6.07, 6.45) is 10.6. The molecule has 0 N–H and O–H groups in total. The zero-order chi connectivity index (χ0) is 17.8. The van der Waals surface area contributed by atoms with Crippen molar-refractivity contribution in [1.29, 1.82) is 0 Å². The van der Waals surface area contributed by atoms with Crippen molar-refractivity contribution in [2.24, 2.45) is 17.8 Å². The van der Waals surface area contributed by atoms with Crippen LogP contribution in [0.3, 0.4) is 0 Å². The van der Waals surface area contributed by atoms with E-state index in [4.69, 9.17) is 25.8 Å². The van der Waals surface area contributed by atoms with Crippen molar-refractivity contribution in [3.8, 4) is 0 Å². The van der Waals surface area contributed by atoms with Gasteiger partial charge in [-0.05, 0) is 37.5 Å². The SMILES string of the molecule is C=CCCC1CCC(C2COC(OC(=O)/C=C/Cl)OC2)CC1.CC. The number of carbonyl (C=O) groups is 1. The Kier molecular flexibility index (Phi) is 11.1. The van der Waals surface area contributed by atoms with Crippen molar-refractivity contribution in [2.45, 2.75) is 58.8 Å². The van der Waals surface area contributed by atoms with Gasteiger partial charge in [0.25, 0.3) is 0 Å². The minimum atomic E-state index is -0.902. The highest BCUT2D eigenvalue weighted by atomic mass is 35.5. The molecule has 1 aliphatic carbocycles. The molecule has 0 aromatic rings. The van der Waals surface area contributed by atoms with E-state index in [-0.39, 0.29) is 0 Å². The second-order valence-electron chi connectivity index (χ2n) is 6.09. The summed E-state index contributed by atoms with van der Waals surface area (Å²) in [6, 6.07) is 0. The van der Waals surface area contributed by atoms with Gasteiger partial charge < -0.3 is 14.2 Å². The summed E-state index contributed by atoms with van der Waals surface area (Å²) >= 11 is 5.31. The Hall–Kier alpha value is -0.840. The van der Waals surface area contributed by atoms with E-state index in [2.05, 4.69) is 6.58 Å². The van der Waals surface area contributed by atoms with Crippen LogP contribution in [0.25, 0.3) is 0 Å². The summed E-state index contributed by atoms with van der Waals surface area (Å²) in [4.78, 5) is 11.3. The maximum atomic E-state index is 11.3. The van der Waals surface area contributed by atoms with Gasteiger partial charge in [0, 0.05) is 17.5 Å². The van der Waals surface area contributed by atoms with E-state index in [9.17, 15) is 4.79 Å². The first-order valence-electron chi connectivity index (χ1n) is 9.04. The number of allylic oxidation sites excluding steroid dienone is 1. The largest absolute Gasteiger partial charge is 0.407 e. The molecule has 0 unspecified atom stereocenters. The summed E-state index contributed by atoms with van der Waals surface area (Å²) in [7, 11) is 0. The Morgan fingerprint density at radius 3 is 2.33 bits per heavy atom. The lowest BCUT2D eigenvalue weighted by molar-refractivity contribution is -0.311. The molecule has 0 aromatic carbocycles. The number of esters is 1. The predicted molar refractivity (Wildman–Crippen MR) is 96.5 cm³/mol. The number of carbonyl (C=O) groups excluding carboxylic acids is 1. The quantitative estimate of drug-likeness (QED) is 0.379. The van der Waals surface area contributed by atoms with Crippen LogP contribution in [0.5, 0.6) is 0 Å². The second-order valence-corrected chi connectivity index (χ2v) is 6.34. The molecule has 5 heteroatoms. The van der Waals surface area contributed by atoms with Crippen molar-refractivity contribution in [3.05, 3.63) is 24.3 Å². The number of hydrogen-bond acceptors (Lipinski definition) is 4. The molecule has 0 aromatic heterocycles. The fourth-order valence-corrected chi connectivity index (χ4v) is 3.43. The molecule has 138 valence electrons. The molecule has 0 radical (unpaired) electrons.